The lowest BCUT2D eigenvalue weighted by molar-refractivity contribution is -0.148. The number of hydrogen-bond donors (Lipinski definition) is 2. The first-order chi connectivity index (χ1) is 10.5. The van der Waals surface area contributed by atoms with Crippen molar-refractivity contribution in [2.24, 2.45) is 0 Å². The van der Waals surface area contributed by atoms with Gasteiger partial charge in [0.05, 0.1) is 13.2 Å². The maximum Gasteiger partial charge on any atom is 0.338 e. The number of epoxide rings is 1. The summed E-state index contributed by atoms with van der Waals surface area (Å²) in [5, 5.41) is 11.4. The first-order valence-corrected chi connectivity index (χ1v) is 7.07. The highest BCUT2D eigenvalue weighted by molar-refractivity contribution is 5.95. The average Bonchev–Trinajstić information content (AvgIpc) is 3.12. The van der Waals surface area contributed by atoms with E-state index in [0.717, 1.165) is 0 Å². The van der Waals surface area contributed by atoms with Crippen molar-refractivity contribution >= 4 is 23.8 Å². The van der Waals surface area contributed by atoms with E-state index in [9.17, 15) is 19.2 Å². The minimum Gasteiger partial charge on any atom is -0.480 e. The maximum absolute atomic E-state index is 11.9. The largest absolute Gasteiger partial charge is 0.480 e. The summed E-state index contributed by atoms with van der Waals surface area (Å²) in [4.78, 5) is 47.2. The summed E-state index contributed by atoms with van der Waals surface area (Å²) in [5.41, 5.74) is 0. The second-order valence-corrected chi connectivity index (χ2v) is 5.03. The number of rotatable bonds is 6. The highest BCUT2D eigenvalue weighted by Gasteiger charge is 2.51. The van der Waals surface area contributed by atoms with Gasteiger partial charge >= 0.3 is 11.9 Å². The predicted octanol–water partition coefficient (Wildman–Crippen LogP) is -1.49. The van der Waals surface area contributed by atoms with Gasteiger partial charge in [-0.2, -0.15) is 0 Å². The van der Waals surface area contributed by atoms with E-state index in [1.165, 1.54) is 4.90 Å². The van der Waals surface area contributed by atoms with E-state index in [1.54, 1.807) is 6.92 Å². The third kappa shape index (κ3) is 3.53. The van der Waals surface area contributed by atoms with Crippen LogP contribution in [0.25, 0.3) is 0 Å². The number of carboxylic acid groups (broad SMARTS) is 1. The molecule has 2 aliphatic heterocycles. The highest BCUT2D eigenvalue weighted by atomic mass is 16.6. The van der Waals surface area contributed by atoms with Gasteiger partial charge in [0, 0.05) is 6.54 Å². The van der Waals surface area contributed by atoms with Gasteiger partial charge in [-0.25, -0.2) is 9.59 Å². The number of nitrogens with one attached hydrogen (secondary N) is 1. The van der Waals surface area contributed by atoms with E-state index in [0.29, 0.717) is 19.4 Å². The molecule has 9 heteroatoms. The van der Waals surface area contributed by atoms with Crippen molar-refractivity contribution in [1.82, 2.24) is 10.2 Å². The van der Waals surface area contributed by atoms with Gasteiger partial charge in [0.25, 0.3) is 5.91 Å². The molecule has 3 atom stereocenters. The Morgan fingerprint density at radius 3 is 2.68 bits per heavy atom. The Balaban J connectivity index is 1.76. The van der Waals surface area contributed by atoms with Gasteiger partial charge in [0.15, 0.2) is 12.2 Å². The molecular formula is C13H18N2O7. The summed E-state index contributed by atoms with van der Waals surface area (Å²) in [5.74, 6) is -2.71. The molecule has 0 aromatic carbocycles. The molecule has 0 radical (unpaired) electrons. The molecule has 2 aliphatic rings. The Labute approximate surface area is 126 Å². The Morgan fingerprint density at radius 1 is 1.32 bits per heavy atom. The Bertz CT molecular complexity index is 493. The fraction of sp³-hybridized carbons (Fsp3) is 0.692. The zero-order valence-corrected chi connectivity index (χ0v) is 12.1. The van der Waals surface area contributed by atoms with E-state index >= 15 is 0 Å². The molecule has 2 rings (SSSR count). The predicted molar refractivity (Wildman–Crippen MR) is 70.7 cm³/mol. The lowest BCUT2D eigenvalue weighted by atomic mass is 10.2. The van der Waals surface area contributed by atoms with Gasteiger partial charge in [-0.15, -0.1) is 0 Å². The second-order valence-electron chi connectivity index (χ2n) is 5.03. The summed E-state index contributed by atoms with van der Waals surface area (Å²) in [6, 6.07) is -0.839. The van der Waals surface area contributed by atoms with E-state index in [-0.39, 0.29) is 13.2 Å². The van der Waals surface area contributed by atoms with Crippen LogP contribution in [0.5, 0.6) is 0 Å². The number of carbonyl (C=O) groups excluding carboxylic acids is 3. The molecule has 22 heavy (non-hydrogen) atoms. The van der Waals surface area contributed by atoms with Crippen LogP contribution in [0.1, 0.15) is 19.8 Å². The van der Waals surface area contributed by atoms with Crippen LogP contribution in [-0.2, 0) is 28.7 Å². The third-order valence-corrected chi connectivity index (χ3v) is 3.54. The summed E-state index contributed by atoms with van der Waals surface area (Å²) >= 11 is 0. The van der Waals surface area contributed by atoms with Crippen LogP contribution in [0.3, 0.4) is 0 Å². The Kier molecular flexibility index (Phi) is 4.96. The van der Waals surface area contributed by atoms with Crippen LogP contribution in [0.4, 0.5) is 0 Å². The Hall–Kier alpha value is -2.16. The lowest BCUT2D eigenvalue weighted by Gasteiger charge is -2.21. The van der Waals surface area contributed by atoms with Crippen molar-refractivity contribution in [2.75, 3.05) is 19.7 Å². The second kappa shape index (κ2) is 6.73. The van der Waals surface area contributed by atoms with Crippen molar-refractivity contribution in [3.8, 4) is 0 Å². The smallest absolute Gasteiger partial charge is 0.338 e. The highest BCUT2D eigenvalue weighted by Crippen LogP contribution is 2.23. The standard InChI is InChI=1S/C13H18N2O7/c1-2-21-13(20)10-9(22-10)11(17)14-6-8(16)15-5-3-4-7(15)12(18)19/h7,9-10H,2-6H2,1H3,(H,14,17)(H,18,19)/t7-,9?,10?/m0/s1. The van der Waals surface area contributed by atoms with E-state index in [1.807, 2.05) is 0 Å². The molecule has 2 heterocycles. The first-order valence-electron chi connectivity index (χ1n) is 7.07. The number of hydrogen-bond acceptors (Lipinski definition) is 6. The quantitative estimate of drug-likeness (QED) is 0.452. The molecule has 0 aromatic heterocycles. The van der Waals surface area contributed by atoms with E-state index < -0.39 is 42.0 Å². The minimum atomic E-state index is -1.05. The molecular weight excluding hydrogens is 296 g/mol. The topological polar surface area (TPSA) is 126 Å². The molecule has 0 aromatic rings. The summed E-state index contributed by atoms with van der Waals surface area (Å²) in [6.07, 6.45) is -0.840. The Morgan fingerprint density at radius 2 is 2.05 bits per heavy atom. The molecule has 0 saturated carbocycles. The van der Waals surface area contributed by atoms with Crippen LogP contribution in [-0.4, -0.2) is 71.7 Å². The SMILES string of the molecule is CCOC(=O)C1OC1C(=O)NCC(=O)N1CCC[C@H]1C(=O)O. The number of carboxylic acids is 1. The van der Waals surface area contributed by atoms with Gasteiger partial charge in [-0.3, -0.25) is 9.59 Å². The van der Waals surface area contributed by atoms with E-state index in [2.05, 4.69) is 5.32 Å². The zero-order valence-electron chi connectivity index (χ0n) is 12.1. The molecule has 9 nitrogen and oxygen atoms in total. The molecule has 0 bridgehead atoms. The van der Waals surface area contributed by atoms with Crippen molar-refractivity contribution in [3.63, 3.8) is 0 Å². The number of esters is 1. The van der Waals surface area contributed by atoms with Gasteiger partial charge < -0.3 is 24.8 Å². The number of nitrogens with zero attached hydrogens (tertiary/aromatic N) is 1. The molecule has 2 amide bonds. The van der Waals surface area contributed by atoms with Gasteiger partial charge in [0.1, 0.15) is 6.04 Å². The van der Waals surface area contributed by atoms with Crippen LogP contribution >= 0.6 is 0 Å². The summed E-state index contributed by atoms with van der Waals surface area (Å²) in [7, 11) is 0. The molecule has 2 saturated heterocycles. The average molecular weight is 314 g/mol. The first kappa shape index (κ1) is 16.2. The maximum atomic E-state index is 11.9. The van der Waals surface area contributed by atoms with Crippen molar-refractivity contribution in [2.45, 2.75) is 38.0 Å². The number of aliphatic carboxylic acids is 1. The third-order valence-electron chi connectivity index (χ3n) is 3.54. The van der Waals surface area contributed by atoms with Crippen molar-refractivity contribution in [1.29, 1.82) is 0 Å². The number of carbonyl (C=O) groups is 4. The van der Waals surface area contributed by atoms with Crippen LogP contribution < -0.4 is 5.32 Å². The number of likely N-dealkylation sites (tertiary alicyclic amines) is 1. The normalized spacial score (nSPS) is 26.4. The van der Waals surface area contributed by atoms with Gasteiger partial charge in [0.2, 0.25) is 5.91 Å². The minimum absolute atomic E-state index is 0.192. The van der Waals surface area contributed by atoms with Gasteiger partial charge in [-0.05, 0) is 19.8 Å². The summed E-state index contributed by atoms with van der Waals surface area (Å²) in [6.45, 7) is 1.87. The molecule has 2 fully saturated rings. The zero-order chi connectivity index (χ0) is 16.3. The fourth-order valence-corrected chi connectivity index (χ4v) is 2.40. The van der Waals surface area contributed by atoms with Crippen molar-refractivity contribution < 1.29 is 33.8 Å². The molecule has 2 N–H and O–H groups in total. The monoisotopic (exact) mass is 314 g/mol. The lowest BCUT2D eigenvalue weighted by Crippen LogP contribution is -2.46. The number of ether oxygens (including phenoxy) is 2. The van der Waals surface area contributed by atoms with Gasteiger partial charge in [-0.1, -0.05) is 0 Å². The molecule has 0 aliphatic carbocycles. The molecule has 2 unspecified atom stereocenters. The fourth-order valence-electron chi connectivity index (χ4n) is 2.40. The molecule has 0 spiro atoms. The summed E-state index contributed by atoms with van der Waals surface area (Å²) < 4.78 is 9.61. The molecule has 122 valence electrons. The number of amides is 2. The van der Waals surface area contributed by atoms with E-state index in [4.69, 9.17) is 14.6 Å². The van der Waals surface area contributed by atoms with Crippen LogP contribution in [0.2, 0.25) is 0 Å². The van der Waals surface area contributed by atoms with Crippen LogP contribution in [0, 0.1) is 0 Å². The van der Waals surface area contributed by atoms with Crippen LogP contribution in [0.15, 0.2) is 0 Å². The van der Waals surface area contributed by atoms with Crippen molar-refractivity contribution in [3.05, 3.63) is 0 Å².